The summed E-state index contributed by atoms with van der Waals surface area (Å²) >= 11 is 0. The number of nitrogens with two attached hydrogens (primary N) is 1. The number of carbonyl (C=O) groups excluding carboxylic acids is 1. The fourth-order valence-electron chi connectivity index (χ4n) is 2.68. The van der Waals surface area contributed by atoms with Crippen LogP contribution in [0.3, 0.4) is 0 Å². The lowest BCUT2D eigenvalue weighted by Crippen LogP contribution is -2.52. The van der Waals surface area contributed by atoms with Crippen LogP contribution in [0.4, 0.5) is 0 Å². The first-order valence-corrected chi connectivity index (χ1v) is 7.64. The Morgan fingerprint density at radius 3 is 2.47 bits per heavy atom. The number of nitrogens with zero attached hydrogens (tertiary/aromatic N) is 2. The monoisotopic (exact) mass is 270 g/mol. The van der Waals surface area contributed by atoms with Crippen molar-refractivity contribution in [2.45, 2.75) is 39.2 Å². The number of nitrogens with one attached hydrogen (secondary N) is 1. The molecule has 1 fully saturated rings. The molecule has 0 aromatic heterocycles. The van der Waals surface area contributed by atoms with Crippen molar-refractivity contribution in [3.8, 4) is 0 Å². The second-order valence-corrected chi connectivity index (χ2v) is 5.26. The van der Waals surface area contributed by atoms with Crippen LogP contribution >= 0.6 is 0 Å². The van der Waals surface area contributed by atoms with Gasteiger partial charge in [-0.1, -0.05) is 13.3 Å². The molecule has 0 bridgehead atoms. The van der Waals surface area contributed by atoms with Crippen molar-refractivity contribution >= 4 is 5.91 Å². The fraction of sp³-hybridized carbons (Fsp3) is 0.929. The minimum absolute atomic E-state index is 0.163. The molecule has 0 spiro atoms. The lowest BCUT2D eigenvalue weighted by Gasteiger charge is -2.39. The number of hydrogen-bond donors (Lipinski definition) is 2. The maximum absolute atomic E-state index is 11.4. The summed E-state index contributed by atoms with van der Waals surface area (Å²) < 4.78 is 0. The van der Waals surface area contributed by atoms with Gasteiger partial charge in [0.1, 0.15) is 0 Å². The second-order valence-electron chi connectivity index (χ2n) is 5.26. The summed E-state index contributed by atoms with van der Waals surface area (Å²) in [5.41, 5.74) is 5.85. The van der Waals surface area contributed by atoms with Crippen LogP contribution in [0, 0.1) is 0 Å². The molecule has 1 atom stereocenters. The van der Waals surface area contributed by atoms with Crippen molar-refractivity contribution in [3.05, 3.63) is 0 Å². The highest BCUT2D eigenvalue weighted by molar-refractivity contribution is 5.75. The summed E-state index contributed by atoms with van der Waals surface area (Å²) in [6.07, 6.45) is 3.00. The van der Waals surface area contributed by atoms with Crippen LogP contribution in [0.15, 0.2) is 0 Å². The average Bonchev–Trinajstić information content (AvgIpc) is 2.43. The van der Waals surface area contributed by atoms with Crippen LogP contribution in [0.1, 0.15) is 33.1 Å². The zero-order valence-electron chi connectivity index (χ0n) is 12.5. The van der Waals surface area contributed by atoms with E-state index in [4.69, 9.17) is 5.73 Å². The molecule has 1 saturated heterocycles. The summed E-state index contributed by atoms with van der Waals surface area (Å²) in [5.74, 6) is 0.163. The highest BCUT2D eigenvalue weighted by Gasteiger charge is 2.22. The minimum Gasteiger partial charge on any atom is -0.356 e. The van der Waals surface area contributed by atoms with E-state index in [0.717, 1.165) is 45.8 Å². The van der Waals surface area contributed by atoms with Gasteiger partial charge in [0.15, 0.2) is 0 Å². The average molecular weight is 270 g/mol. The van der Waals surface area contributed by atoms with Crippen molar-refractivity contribution in [3.63, 3.8) is 0 Å². The van der Waals surface area contributed by atoms with Crippen LogP contribution in [0.2, 0.25) is 0 Å². The van der Waals surface area contributed by atoms with Crippen molar-refractivity contribution < 1.29 is 4.79 Å². The van der Waals surface area contributed by atoms with E-state index in [1.807, 2.05) is 6.92 Å². The lowest BCUT2D eigenvalue weighted by atomic mass is 10.1. The van der Waals surface area contributed by atoms with Gasteiger partial charge in [-0.3, -0.25) is 9.69 Å². The molecule has 0 aromatic rings. The first-order chi connectivity index (χ1) is 9.21. The van der Waals surface area contributed by atoms with E-state index >= 15 is 0 Å². The maximum atomic E-state index is 11.4. The third-order valence-electron chi connectivity index (χ3n) is 3.85. The van der Waals surface area contributed by atoms with E-state index in [2.05, 4.69) is 22.0 Å². The van der Waals surface area contributed by atoms with E-state index in [-0.39, 0.29) is 5.91 Å². The van der Waals surface area contributed by atoms with Gasteiger partial charge in [-0.25, -0.2) is 0 Å². The molecule has 5 nitrogen and oxygen atoms in total. The smallest absolute Gasteiger partial charge is 0.221 e. The largest absolute Gasteiger partial charge is 0.356 e. The van der Waals surface area contributed by atoms with Gasteiger partial charge in [0.25, 0.3) is 0 Å². The molecule has 0 radical (unpaired) electrons. The first kappa shape index (κ1) is 16.4. The molecular weight excluding hydrogens is 240 g/mol. The summed E-state index contributed by atoms with van der Waals surface area (Å²) in [7, 11) is 0. The zero-order chi connectivity index (χ0) is 14.1. The predicted octanol–water partition coefficient (Wildman–Crippen LogP) is 0.258. The molecule has 1 heterocycles. The van der Waals surface area contributed by atoms with Crippen molar-refractivity contribution in [1.29, 1.82) is 0 Å². The fourth-order valence-corrected chi connectivity index (χ4v) is 2.68. The Hall–Kier alpha value is -0.650. The summed E-state index contributed by atoms with van der Waals surface area (Å²) in [6.45, 7) is 10.8. The third kappa shape index (κ3) is 5.89. The van der Waals surface area contributed by atoms with Crippen LogP contribution in [-0.2, 0) is 4.79 Å². The maximum Gasteiger partial charge on any atom is 0.221 e. The first-order valence-electron chi connectivity index (χ1n) is 7.64. The van der Waals surface area contributed by atoms with E-state index in [1.54, 1.807) is 0 Å². The van der Waals surface area contributed by atoms with Gasteiger partial charge in [-0.05, 0) is 13.3 Å². The molecule has 3 N–H and O–H groups in total. The molecule has 1 unspecified atom stereocenters. The normalized spacial score (nSPS) is 19.3. The zero-order valence-corrected chi connectivity index (χ0v) is 12.5. The molecule has 0 saturated carbocycles. The molecule has 5 heteroatoms. The molecule has 112 valence electrons. The topological polar surface area (TPSA) is 61.6 Å². The van der Waals surface area contributed by atoms with Crippen LogP contribution in [0.25, 0.3) is 0 Å². The Kier molecular flexibility index (Phi) is 8.02. The number of rotatable bonds is 8. The van der Waals surface area contributed by atoms with Gasteiger partial charge in [-0.2, -0.15) is 0 Å². The van der Waals surface area contributed by atoms with Crippen LogP contribution in [-0.4, -0.2) is 67.6 Å². The van der Waals surface area contributed by atoms with Crippen molar-refractivity contribution in [2.24, 2.45) is 5.73 Å². The number of hydrogen-bond acceptors (Lipinski definition) is 4. The molecule has 0 aliphatic carbocycles. The van der Waals surface area contributed by atoms with E-state index in [1.165, 1.54) is 12.8 Å². The van der Waals surface area contributed by atoms with Gasteiger partial charge < -0.3 is 16.0 Å². The van der Waals surface area contributed by atoms with Crippen molar-refractivity contribution in [1.82, 2.24) is 15.1 Å². The molecule has 0 aromatic carbocycles. The molecule has 1 amide bonds. The third-order valence-corrected chi connectivity index (χ3v) is 3.85. The highest BCUT2D eigenvalue weighted by atomic mass is 16.1. The summed E-state index contributed by atoms with van der Waals surface area (Å²) in [5, 5.41) is 2.85. The summed E-state index contributed by atoms with van der Waals surface area (Å²) in [4.78, 5) is 16.3. The quantitative estimate of drug-likeness (QED) is 0.664. The number of carbonyl (C=O) groups is 1. The van der Waals surface area contributed by atoms with Crippen molar-refractivity contribution in [2.75, 3.05) is 45.8 Å². The Morgan fingerprint density at radius 2 is 1.95 bits per heavy atom. The molecule has 1 aliphatic rings. The van der Waals surface area contributed by atoms with Gasteiger partial charge in [-0.15, -0.1) is 0 Å². The lowest BCUT2D eigenvalue weighted by molar-refractivity contribution is -0.121. The predicted molar refractivity (Wildman–Crippen MR) is 79.1 cm³/mol. The molecule has 1 rings (SSSR count). The number of amides is 1. The molecule has 1 aliphatic heterocycles. The Bertz CT molecular complexity index is 252. The highest BCUT2D eigenvalue weighted by Crippen LogP contribution is 2.10. The van der Waals surface area contributed by atoms with Gasteiger partial charge in [0, 0.05) is 58.3 Å². The standard InChI is InChI=1S/C14H30N4O/c1-3-5-13(12-15)18-10-8-17(9-11-18)7-6-14(19)16-4-2/h13H,3-12,15H2,1-2H3,(H,16,19). The van der Waals surface area contributed by atoms with Crippen LogP contribution < -0.4 is 11.1 Å². The SMILES string of the molecule is CCCC(CN)N1CCN(CCC(=O)NCC)CC1. The van der Waals surface area contributed by atoms with E-state index in [9.17, 15) is 4.79 Å². The van der Waals surface area contributed by atoms with E-state index in [0.29, 0.717) is 12.5 Å². The molecular formula is C14H30N4O. The van der Waals surface area contributed by atoms with Gasteiger partial charge in [0.2, 0.25) is 5.91 Å². The molecule has 19 heavy (non-hydrogen) atoms. The van der Waals surface area contributed by atoms with Gasteiger partial charge in [0.05, 0.1) is 0 Å². The van der Waals surface area contributed by atoms with E-state index < -0.39 is 0 Å². The summed E-state index contributed by atoms with van der Waals surface area (Å²) in [6, 6.07) is 0.538. The second kappa shape index (κ2) is 9.28. The Morgan fingerprint density at radius 1 is 1.26 bits per heavy atom. The Balaban J connectivity index is 2.22. The Labute approximate surface area is 117 Å². The minimum atomic E-state index is 0.163. The van der Waals surface area contributed by atoms with Crippen LogP contribution in [0.5, 0.6) is 0 Å². The number of piperazine rings is 1. The van der Waals surface area contributed by atoms with Gasteiger partial charge >= 0.3 is 0 Å².